The highest BCUT2D eigenvalue weighted by molar-refractivity contribution is 14.0. The summed E-state index contributed by atoms with van der Waals surface area (Å²) in [7, 11) is 1.75. The largest absolute Gasteiger partial charge is 0.459 e. The molecule has 4 rings (SSSR count). The van der Waals surface area contributed by atoms with Crippen LogP contribution in [0.5, 0.6) is 0 Å². The van der Waals surface area contributed by atoms with Gasteiger partial charge >= 0.3 is 0 Å². The summed E-state index contributed by atoms with van der Waals surface area (Å²) in [6, 6.07) is 16.8. The molecule has 6 nitrogen and oxygen atoms in total. The molecule has 2 aromatic carbocycles. The van der Waals surface area contributed by atoms with Gasteiger partial charge in [-0.1, -0.05) is 30.3 Å². The number of guanidine groups is 1. The van der Waals surface area contributed by atoms with Crippen LogP contribution in [0.25, 0.3) is 11.0 Å². The van der Waals surface area contributed by atoms with Crippen molar-refractivity contribution in [2.75, 3.05) is 39.9 Å². The van der Waals surface area contributed by atoms with Gasteiger partial charge in [-0.3, -0.25) is 9.89 Å². The average Bonchev–Trinajstić information content (AvgIpc) is 3.21. The van der Waals surface area contributed by atoms with E-state index in [1.165, 1.54) is 12.1 Å². The number of ether oxygens (including phenoxy) is 1. The summed E-state index contributed by atoms with van der Waals surface area (Å²) in [5.41, 5.74) is 1.94. The molecule has 1 atom stereocenters. The van der Waals surface area contributed by atoms with Gasteiger partial charge in [0.25, 0.3) is 0 Å². The summed E-state index contributed by atoms with van der Waals surface area (Å²) in [6.07, 6.45) is 0. The van der Waals surface area contributed by atoms with Gasteiger partial charge in [-0.05, 0) is 29.8 Å². The zero-order valence-electron chi connectivity index (χ0n) is 17.5. The monoisotopic (exact) mass is 538 g/mol. The molecule has 1 aliphatic heterocycles. The first-order valence-electron chi connectivity index (χ1n) is 10.2. The molecule has 0 spiro atoms. The zero-order chi connectivity index (χ0) is 20.8. The first-order valence-corrected chi connectivity index (χ1v) is 10.2. The highest BCUT2D eigenvalue weighted by Gasteiger charge is 2.23. The molecule has 2 N–H and O–H groups in total. The lowest BCUT2D eigenvalue weighted by molar-refractivity contribution is 0.0170. The van der Waals surface area contributed by atoms with E-state index in [-0.39, 0.29) is 35.8 Å². The quantitative estimate of drug-likeness (QED) is 0.283. The predicted octanol–water partition coefficient (Wildman–Crippen LogP) is 3.93. The van der Waals surface area contributed by atoms with Crippen LogP contribution in [0.1, 0.15) is 17.4 Å². The molecule has 0 bridgehead atoms. The lowest BCUT2D eigenvalue weighted by atomic mass is 10.0. The van der Waals surface area contributed by atoms with Crippen LogP contribution in [0.3, 0.4) is 0 Å². The van der Waals surface area contributed by atoms with Crippen molar-refractivity contribution in [1.29, 1.82) is 0 Å². The smallest absolute Gasteiger partial charge is 0.191 e. The summed E-state index contributed by atoms with van der Waals surface area (Å²) in [5, 5.41) is 7.80. The SMILES string of the molecule is CN=C(NCc1cc2ccccc2o1)NCC(c1ccc(F)cc1)N1CCOCC1.I. The van der Waals surface area contributed by atoms with Crippen molar-refractivity contribution in [2.24, 2.45) is 4.99 Å². The second-order valence-corrected chi connectivity index (χ2v) is 7.27. The minimum absolute atomic E-state index is 0. The van der Waals surface area contributed by atoms with E-state index in [2.05, 4.69) is 20.5 Å². The second-order valence-electron chi connectivity index (χ2n) is 7.27. The number of para-hydroxylation sites is 1. The zero-order valence-corrected chi connectivity index (χ0v) is 19.8. The Morgan fingerprint density at radius 1 is 1.10 bits per heavy atom. The summed E-state index contributed by atoms with van der Waals surface area (Å²) >= 11 is 0. The van der Waals surface area contributed by atoms with E-state index < -0.39 is 0 Å². The van der Waals surface area contributed by atoms with Crippen molar-refractivity contribution >= 4 is 40.9 Å². The molecule has 166 valence electrons. The van der Waals surface area contributed by atoms with Crippen LogP contribution in [0, 0.1) is 5.82 Å². The maximum atomic E-state index is 13.4. The van der Waals surface area contributed by atoms with Crippen molar-refractivity contribution in [3.05, 3.63) is 71.7 Å². The van der Waals surface area contributed by atoms with Crippen LogP contribution in [0.2, 0.25) is 0 Å². The van der Waals surface area contributed by atoms with Crippen LogP contribution in [0.4, 0.5) is 4.39 Å². The fourth-order valence-corrected chi connectivity index (χ4v) is 3.74. The Balaban J connectivity index is 0.00000272. The van der Waals surface area contributed by atoms with Crippen molar-refractivity contribution in [2.45, 2.75) is 12.6 Å². The molecule has 0 radical (unpaired) electrons. The normalized spacial score (nSPS) is 16.0. The molecule has 1 unspecified atom stereocenters. The highest BCUT2D eigenvalue weighted by atomic mass is 127. The summed E-state index contributed by atoms with van der Waals surface area (Å²) < 4.78 is 24.8. The number of nitrogens with zero attached hydrogens (tertiary/aromatic N) is 2. The fraction of sp³-hybridized carbons (Fsp3) is 0.348. The molecular formula is C23H28FIN4O2. The van der Waals surface area contributed by atoms with E-state index in [9.17, 15) is 4.39 Å². The molecule has 1 saturated heterocycles. The minimum Gasteiger partial charge on any atom is -0.459 e. The van der Waals surface area contributed by atoms with Gasteiger partial charge in [-0.15, -0.1) is 24.0 Å². The highest BCUT2D eigenvalue weighted by Crippen LogP contribution is 2.22. The van der Waals surface area contributed by atoms with Crippen LogP contribution in [-0.2, 0) is 11.3 Å². The number of benzene rings is 2. The number of halogens is 2. The van der Waals surface area contributed by atoms with Gasteiger partial charge in [0.15, 0.2) is 5.96 Å². The minimum atomic E-state index is -0.226. The fourth-order valence-electron chi connectivity index (χ4n) is 3.74. The molecule has 0 saturated carbocycles. The van der Waals surface area contributed by atoms with Crippen LogP contribution in [-0.4, -0.2) is 50.8 Å². The number of rotatable bonds is 6. The first kappa shape index (κ1) is 23.5. The van der Waals surface area contributed by atoms with Gasteiger partial charge in [-0.2, -0.15) is 0 Å². The van der Waals surface area contributed by atoms with E-state index in [1.807, 2.05) is 42.5 Å². The number of fused-ring (bicyclic) bond motifs is 1. The van der Waals surface area contributed by atoms with Gasteiger partial charge in [-0.25, -0.2) is 4.39 Å². The Hall–Kier alpha value is -2.17. The van der Waals surface area contributed by atoms with Crippen molar-refractivity contribution in [3.63, 3.8) is 0 Å². The average molecular weight is 538 g/mol. The third-order valence-electron chi connectivity index (χ3n) is 5.33. The summed E-state index contributed by atoms with van der Waals surface area (Å²) in [4.78, 5) is 6.69. The third kappa shape index (κ3) is 6.18. The van der Waals surface area contributed by atoms with E-state index in [4.69, 9.17) is 9.15 Å². The molecule has 0 aliphatic carbocycles. The topological polar surface area (TPSA) is 62.0 Å². The van der Waals surface area contributed by atoms with Crippen molar-refractivity contribution < 1.29 is 13.5 Å². The molecule has 1 aliphatic rings. The van der Waals surface area contributed by atoms with Gasteiger partial charge in [0.1, 0.15) is 17.2 Å². The second kappa shape index (κ2) is 11.4. The Morgan fingerprint density at radius 2 is 1.84 bits per heavy atom. The Labute approximate surface area is 198 Å². The molecule has 2 heterocycles. The summed E-state index contributed by atoms with van der Waals surface area (Å²) in [5.74, 6) is 1.31. The third-order valence-corrected chi connectivity index (χ3v) is 5.33. The number of aliphatic imine (C=N–C) groups is 1. The van der Waals surface area contributed by atoms with Gasteiger partial charge in [0.2, 0.25) is 0 Å². The molecule has 1 aromatic heterocycles. The van der Waals surface area contributed by atoms with Gasteiger partial charge in [0.05, 0.1) is 25.8 Å². The van der Waals surface area contributed by atoms with E-state index in [0.29, 0.717) is 32.3 Å². The molecule has 1 fully saturated rings. The van der Waals surface area contributed by atoms with Crippen LogP contribution in [0.15, 0.2) is 64.0 Å². The Kier molecular flexibility index (Phi) is 8.68. The van der Waals surface area contributed by atoms with E-state index in [1.54, 1.807) is 7.05 Å². The number of furan rings is 1. The van der Waals surface area contributed by atoms with Crippen molar-refractivity contribution in [1.82, 2.24) is 15.5 Å². The summed E-state index contributed by atoms with van der Waals surface area (Å²) in [6.45, 7) is 4.27. The lowest BCUT2D eigenvalue weighted by Gasteiger charge is -2.35. The number of nitrogens with one attached hydrogen (secondary N) is 2. The number of hydrogen-bond donors (Lipinski definition) is 2. The number of hydrogen-bond acceptors (Lipinski definition) is 4. The molecule has 31 heavy (non-hydrogen) atoms. The predicted molar refractivity (Wildman–Crippen MR) is 131 cm³/mol. The Bertz CT molecular complexity index is 954. The molecule has 3 aromatic rings. The van der Waals surface area contributed by atoms with E-state index >= 15 is 0 Å². The molecule has 8 heteroatoms. The maximum absolute atomic E-state index is 13.4. The maximum Gasteiger partial charge on any atom is 0.191 e. The van der Waals surface area contributed by atoms with Gasteiger partial charge in [0, 0.05) is 32.1 Å². The van der Waals surface area contributed by atoms with Crippen LogP contribution < -0.4 is 10.6 Å². The standard InChI is InChI=1S/C23H27FN4O2.HI/c1-25-23(26-15-20-14-18-4-2-3-5-22(18)30-20)27-16-21(28-10-12-29-13-11-28)17-6-8-19(24)9-7-17;/h2-9,14,21H,10-13,15-16H2,1H3,(H2,25,26,27);1H. The van der Waals surface area contributed by atoms with E-state index in [0.717, 1.165) is 35.4 Å². The first-order chi connectivity index (χ1) is 14.7. The molecular weight excluding hydrogens is 510 g/mol. The molecule has 0 amide bonds. The van der Waals surface area contributed by atoms with Crippen molar-refractivity contribution in [3.8, 4) is 0 Å². The lowest BCUT2D eigenvalue weighted by Crippen LogP contribution is -2.46. The Morgan fingerprint density at radius 3 is 2.55 bits per heavy atom. The van der Waals surface area contributed by atoms with Gasteiger partial charge < -0.3 is 19.8 Å². The van der Waals surface area contributed by atoms with Crippen LogP contribution >= 0.6 is 24.0 Å². The number of morpholine rings is 1.